The summed E-state index contributed by atoms with van der Waals surface area (Å²) in [6.45, 7) is 4.35. The Kier molecular flexibility index (Phi) is 6.05. The lowest BCUT2D eigenvalue weighted by Crippen LogP contribution is -2.19. The minimum Gasteiger partial charge on any atom is -0.493 e. The number of anilines is 2. The summed E-state index contributed by atoms with van der Waals surface area (Å²) < 4.78 is 14.8. The zero-order chi connectivity index (χ0) is 22.8. The summed E-state index contributed by atoms with van der Waals surface area (Å²) in [6, 6.07) is 13.0. The third-order valence-corrected chi connectivity index (χ3v) is 5.13. The van der Waals surface area contributed by atoms with Crippen molar-refractivity contribution >= 4 is 34.4 Å². The maximum atomic E-state index is 12.7. The minimum absolute atomic E-state index is 0.0143. The van der Waals surface area contributed by atoms with Crippen molar-refractivity contribution in [3.05, 3.63) is 69.7 Å². The second-order valence-corrected chi connectivity index (χ2v) is 8.07. The Morgan fingerprint density at radius 1 is 1.12 bits per heavy atom. The van der Waals surface area contributed by atoms with Crippen molar-refractivity contribution in [1.29, 1.82) is 0 Å². The first kappa shape index (κ1) is 21.7. The van der Waals surface area contributed by atoms with Crippen molar-refractivity contribution in [2.75, 3.05) is 12.4 Å². The van der Waals surface area contributed by atoms with Crippen molar-refractivity contribution in [2.45, 2.75) is 26.5 Å². The van der Waals surface area contributed by atoms with Gasteiger partial charge in [-0.15, -0.1) is 0 Å². The summed E-state index contributed by atoms with van der Waals surface area (Å²) in [7, 11) is 3.36. The van der Waals surface area contributed by atoms with E-state index in [0.29, 0.717) is 45.9 Å². The molecule has 4 aromatic rings. The Bertz CT molecular complexity index is 1310. The van der Waals surface area contributed by atoms with E-state index in [0.717, 1.165) is 5.56 Å². The maximum Gasteiger partial charge on any atom is 0.300 e. The molecule has 0 bridgehead atoms. The van der Waals surface area contributed by atoms with Gasteiger partial charge in [0.05, 0.1) is 26.1 Å². The van der Waals surface area contributed by atoms with Gasteiger partial charge in [-0.2, -0.15) is 4.98 Å². The zero-order valence-electron chi connectivity index (χ0n) is 18.3. The molecule has 0 radical (unpaired) electrons. The third-order valence-electron chi connectivity index (χ3n) is 4.88. The predicted molar refractivity (Wildman–Crippen MR) is 125 cm³/mol. The van der Waals surface area contributed by atoms with Crippen molar-refractivity contribution in [3.8, 4) is 11.5 Å². The van der Waals surface area contributed by atoms with Crippen LogP contribution in [0.25, 0.3) is 11.2 Å². The van der Waals surface area contributed by atoms with Crippen LogP contribution >= 0.6 is 11.6 Å². The number of rotatable bonds is 7. The first-order valence-electron chi connectivity index (χ1n) is 10.1. The average Bonchev–Trinajstić information content (AvgIpc) is 3.15. The summed E-state index contributed by atoms with van der Waals surface area (Å²) in [6.07, 6.45) is 1.62. The van der Waals surface area contributed by atoms with Crippen LogP contribution in [-0.4, -0.2) is 32.3 Å². The average molecular weight is 454 g/mol. The molecule has 0 atom stereocenters. The number of aryl methyl sites for hydroxylation is 1. The molecule has 8 nitrogen and oxygen atoms in total. The Labute approximate surface area is 190 Å². The Balaban J connectivity index is 1.78. The van der Waals surface area contributed by atoms with E-state index in [1.807, 2.05) is 54.8 Å². The van der Waals surface area contributed by atoms with Gasteiger partial charge < -0.3 is 19.4 Å². The second kappa shape index (κ2) is 8.92. The molecule has 2 aromatic carbocycles. The molecule has 4 rings (SSSR count). The third kappa shape index (κ3) is 4.40. The highest BCUT2D eigenvalue weighted by molar-refractivity contribution is 6.30. The number of fused-ring (bicyclic) bond motifs is 1. The number of hydrogen-bond acceptors (Lipinski definition) is 6. The zero-order valence-corrected chi connectivity index (χ0v) is 19.1. The predicted octanol–water partition coefficient (Wildman–Crippen LogP) is 4.37. The molecule has 0 saturated carbocycles. The number of ether oxygens (including phenoxy) is 2. The van der Waals surface area contributed by atoms with E-state index in [1.54, 1.807) is 31.1 Å². The van der Waals surface area contributed by atoms with Crippen LogP contribution in [0.15, 0.2) is 53.6 Å². The first-order valence-corrected chi connectivity index (χ1v) is 10.5. The molecule has 0 fully saturated rings. The summed E-state index contributed by atoms with van der Waals surface area (Å²) >= 11 is 6.03. The molecule has 0 aliphatic rings. The van der Waals surface area contributed by atoms with Crippen molar-refractivity contribution < 1.29 is 9.47 Å². The molecule has 9 heteroatoms. The highest BCUT2D eigenvalue weighted by Crippen LogP contribution is 2.32. The molecular formula is C23H24ClN5O3. The van der Waals surface area contributed by atoms with Gasteiger partial charge in [-0.3, -0.25) is 9.36 Å². The van der Waals surface area contributed by atoms with Crippen LogP contribution in [-0.2, 0) is 13.6 Å². The standard InChI is InChI=1S/C23H24ClN5O3/c1-14(2)32-18-10-9-17(11-19(18)31-4)26-23-27-22(30)20-21(25-13-28(20)3)29(23)12-15-5-7-16(24)8-6-15/h5-11,13-14H,12H2,1-4H3,(H,26,27,30). The van der Waals surface area contributed by atoms with E-state index in [1.165, 1.54) is 0 Å². The van der Waals surface area contributed by atoms with Gasteiger partial charge in [-0.25, -0.2) is 4.98 Å². The number of methoxy groups -OCH3 is 1. The van der Waals surface area contributed by atoms with Crippen LogP contribution in [0.4, 0.5) is 11.6 Å². The lowest BCUT2D eigenvalue weighted by Gasteiger charge is -2.17. The first-order chi connectivity index (χ1) is 15.4. The molecule has 0 aliphatic heterocycles. The van der Waals surface area contributed by atoms with Crippen LogP contribution in [0.2, 0.25) is 5.02 Å². The van der Waals surface area contributed by atoms with E-state index in [-0.39, 0.29) is 11.7 Å². The number of nitrogens with one attached hydrogen (secondary N) is 1. The second-order valence-electron chi connectivity index (χ2n) is 7.64. The molecule has 0 amide bonds. The SMILES string of the molecule is COc1cc(Nc2nc(=O)c3c(ncn3C)n2Cc2ccc(Cl)cc2)ccc1OC(C)C. The minimum atomic E-state index is -0.360. The fourth-order valence-corrected chi connectivity index (χ4v) is 3.54. The molecule has 166 valence electrons. The van der Waals surface area contributed by atoms with Crippen molar-refractivity contribution in [2.24, 2.45) is 7.05 Å². The van der Waals surface area contributed by atoms with Crippen molar-refractivity contribution in [1.82, 2.24) is 19.1 Å². The molecule has 32 heavy (non-hydrogen) atoms. The summed E-state index contributed by atoms with van der Waals surface area (Å²) in [5, 5.41) is 3.90. The van der Waals surface area contributed by atoms with Crippen LogP contribution in [0, 0.1) is 0 Å². The molecule has 2 aromatic heterocycles. The fourth-order valence-electron chi connectivity index (χ4n) is 3.42. The van der Waals surface area contributed by atoms with E-state index in [9.17, 15) is 4.79 Å². The number of halogens is 1. The molecule has 0 aliphatic carbocycles. The van der Waals surface area contributed by atoms with Gasteiger partial charge in [-0.05, 0) is 43.7 Å². The highest BCUT2D eigenvalue weighted by atomic mass is 35.5. The quantitative estimate of drug-likeness (QED) is 0.447. The van der Waals surface area contributed by atoms with E-state index < -0.39 is 0 Å². The molecule has 2 heterocycles. The van der Waals surface area contributed by atoms with Gasteiger partial charge in [0.2, 0.25) is 5.95 Å². The smallest absolute Gasteiger partial charge is 0.300 e. The molecule has 0 unspecified atom stereocenters. The fraction of sp³-hybridized carbons (Fsp3) is 0.261. The van der Waals surface area contributed by atoms with E-state index >= 15 is 0 Å². The molecule has 0 saturated heterocycles. The van der Waals surface area contributed by atoms with Gasteiger partial charge in [0.15, 0.2) is 22.7 Å². The molecule has 1 N–H and O–H groups in total. The van der Waals surface area contributed by atoms with E-state index in [2.05, 4.69) is 15.3 Å². The van der Waals surface area contributed by atoms with Crippen molar-refractivity contribution in [3.63, 3.8) is 0 Å². The summed E-state index contributed by atoms with van der Waals surface area (Å²) in [5.74, 6) is 1.59. The Morgan fingerprint density at radius 3 is 2.56 bits per heavy atom. The largest absolute Gasteiger partial charge is 0.493 e. The van der Waals surface area contributed by atoms with Crippen LogP contribution in [0.3, 0.4) is 0 Å². The van der Waals surface area contributed by atoms with Crippen LogP contribution in [0.1, 0.15) is 19.4 Å². The monoisotopic (exact) mass is 453 g/mol. The van der Waals surface area contributed by atoms with Gasteiger partial charge >= 0.3 is 5.56 Å². The Hall–Kier alpha value is -3.52. The number of aromatic nitrogens is 4. The molecule has 0 spiro atoms. The number of imidazole rings is 1. The van der Waals surface area contributed by atoms with Crippen LogP contribution < -0.4 is 20.3 Å². The summed E-state index contributed by atoms with van der Waals surface area (Å²) in [5.41, 5.74) is 2.30. The highest BCUT2D eigenvalue weighted by Gasteiger charge is 2.16. The normalized spacial score (nSPS) is 11.2. The van der Waals surface area contributed by atoms with Crippen LogP contribution in [0.5, 0.6) is 11.5 Å². The van der Waals surface area contributed by atoms with Gasteiger partial charge in [-0.1, -0.05) is 23.7 Å². The van der Waals surface area contributed by atoms with Gasteiger partial charge in [0.1, 0.15) is 0 Å². The van der Waals surface area contributed by atoms with E-state index in [4.69, 9.17) is 21.1 Å². The number of nitrogens with zero attached hydrogens (tertiary/aromatic N) is 4. The topological polar surface area (TPSA) is 83.2 Å². The van der Waals surface area contributed by atoms with Gasteiger partial charge in [0.25, 0.3) is 0 Å². The maximum absolute atomic E-state index is 12.7. The summed E-state index contributed by atoms with van der Waals surface area (Å²) in [4.78, 5) is 21.5. The lowest BCUT2D eigenvalue weighted by atomic mass is 10.2. The van der Waals surface area contributed by atoms with Gasteiger partial charge in [0, 0.05) is 23.8 Å². The number of benzene rings is 2. The number of hydrogen-bond donors (Lipinski definition) is 1. The lowest BCUT2D eigenvalue weighted by molar-refractivity contribution is 0.230. The molecular weight excluding hydrogens is 430 g/mol. The Morgan fingerprint density at radius 2 is 1.88 bits per heavy atom.